The third-order valence-electron chi connectivity index (χ3n) is 4.45. The summed E-state index contributed by atoms with van der Waals surface area (Å²) in [4.78, 5) is 11.6. The van der Waals surface area contributed by atoms with Crippen molar-refractivity contribution in [2.75, 3.05) is 20.1 Å². The summed E-state index contributed by atoms with van der Waals surface area (Å²) in [6.45, 7) is 5.36. The van der Waals surface area contributed by atoms with Crippen molar-refractivity contribution in [2.45, 2.75) is 44.8 Å². The molecule has 17 heavy (non-hydrogen) atoms. The third-order valence-corrected chi connectivity index (χ3v) is 4.45. The highest BCUT2D eigenvalue weighted by Crippen LogP contribution is 2.39. The molecule has 2 rings (SSSR count). The fraction of sp³-hybridized carbons (Fsp3) is 0.833. The number of likely N-dealkylation sites (tertiary alicyclic amines) is 1. The second kappa shape index (κ2) is 4.07. The van der Waals surface area contributed by atoms with Gasteiger partial charge in [0.15, 0.2) is 0 Å². The van der Waals surface area contributed by atoms with E-state index < -0.39 is 0 Å². The minimum atomic E-state index is -0.120. The van der Waals surface area contributed by atoms with Crippen molar-refractivity contribution >= 4 is 11.6 Å². The van der Waals surface area contributed by atoms with E-state index in [-0.39, 0.29) is 17.6 Å². The molecule has 1 amide bonds. The van der Waals surface area contributed by atoms with E-state index in [1.807, 2.05) is 14.0 Å². The van der Waals surface area contributed by atoms with Crippen LogP contribution in [0.2, 0.25) is 0 Å². The van der Waals surface area contributed by atoms with Gasteiger partial charge < -0.3 is 10.6 Å². The maximum absolute atomic E-state index is 11.6. The number of hydrogen-bond acceptors (Lipinski definition) is 4. The molecule has 1 unspecified atom stereocenters. The molecule has 1 spiro atoms. The van der Waals surface area contributed by atoms with Crippen LogP contribution in [0.1, 0.15) is 33.1 Å². The first-order valence-corrected chi connectivity index (χ1v) is 6.21. The molecule has 1 atom stereocenters. The van der Waals surface area contributed by atoms with Gasteiger partial charge in [-0.3, -0.25) is 4.48 Å². The standard InChI is InChI=1S/C12H22N3O2/c1-9-11(14-13)8-12(17-9)4-6-15(3,7-5-12)10(2)16/h9H,4-8,13H2,1-3H3/q+1. The van der Waals surface area contributed by atoms with Crippen LogP contribution in [0, 0.1) is 0 Å². The average molecular weight is 240 g/mol. The lowest BCUT2D eigenvalue weighted by atomic mass is 9.87. The van der Waals surface area contributed by atoms with Gasteiger partial charge in [0.25, 0.3) is 0 Å². The first-order valence-electron chi connectivity index (χ1n) is 6.21. The van der Waals surface area contributed by atoms with E-state index >= 15 is 0 Å². The normalized spacial score (nSPS) is 44.4. The number of hydrazone groups is 1. The van der Waals surface area contributed by atoms with E-state index in [1.165, 1.54) is 0 Å². The van der Waals surface area contributed by atoms with E-state index in [1.54, 1.807) is 6.92 Å². The Morgan fingerprint density at radius 1 is 1.53 bits per heavy atom. The molecule has 2 heterocycles. The van der Waals surface area contributed by atoms with Crippen molar-refractivity contribution in [3.05, 3.63) is 0 Å². The van der Waals surface area contributed by atoms with Gasteiger partial charge in [0.05, 0.1) is 44.5 Å². The lowest BCUT2D eigenvalue weighted by Gasteiger charge is -2.42. The van der Waals surface area contributed by atoms with Gasteiger partial charge in [0.1, 0.15) is 0 Å². The summed E-state index contributed by atoms with van der Waals surface area (Å²) in [7, 11) is 2.01. The van der Waals surface area contributed by atoms with Gasteiger partial charge in [-0.2, -0.15) is 5.10 Å². The number of ether oxygens (including phenoxy) is 1. The number of nitrogens with two attached hydrogens (primary N) is 1. The summed E-state index contributed by atoms with van der Waals surface area (Å²) in [5.41, 5.74) is 0.828. The van der Waals surface area contributed by atoms with E-state index in [4.69, 9.17) is 10.6 Å². The Bertz CT molecular complexity index is 357. The lowest BCUT2D eigenvalue weighted by molar-refractivity contribution is -0.842. The van der Waals surface area contributed by atoms with E-state index in [9.17, 15) is 4.79 Å². The van der Waals surface area contributed by atoms with Crippen LogP contribution < -0.4 is 5.84 Å². The van der Waals surface area contributed by atoms with Crippen LogP contribution >= 0.6 is 0 Å². The number of amides is 1. The van der Waals surface area contributed by atoms with Crippen molar-refractivity contribution in [2.24, 2.45) is 10.9 Å². The zero-order chi connectivity index (χ0) is 12.7. The molecule has 2 aliphatic rings. The number of quaternary nitrogens is 1. The smallest absolute Gasteiger partial charge is 0.310 e. The molecular formula is C12H22N3O2+. The second-order valence-electron chi connectivity index (χ2n) is 5.60. The summed E-state index contributed by atoms with van der Waals surface area (Å²) in [5.74, 6) is 5.60. The van der Waals surface area contributed by atoms with Gasteiger partial charge in [-0.05, 0) is 6.92 Å². The predicted molar refractivity (Wildman–Crippen MR) is 65.4 cm³/mol. The Morgan fingerprint density at radius 3 is 2.53 bits per heavy atom. The van der Waals surface area contributed by atoms with Crippen LogP contribution in [-0.2, 0) is 9.53 Å². The van der Waals surface area contributed by atoms with E-state index in [2.05, 4.69) is 5.10 Å². The molecule has 2 N–H and O–H groups in total. The molecular weight excluding hydrogens is 218 g/mol. The molecule has 5 heteroatoms. The Kier molecular flexibility index (Phi) is 2.99. The van der Waals surface area contributed by atoms with Crippen molar-refractivity contribution in [1.29, 1.82) is 0 Å². The van der Waals surface area contributed by atoms with Crippen LogP contribution in [0.5, 0.6) is 0 Å². The molecule has 0 bridgehead atoms. The number of piperidine rings is 1. The number of carbonyl (C=O) groups is 1. The van der Waals surface area contributed by atoms with Crippen LogP contribution in [0.3, 0.4) is 0 Å². The van der Waals surface area contributed by atoms with Gasteiger partial charge in [-0.1, -0.05) is 0 Å². The predicted octanol–water partition coefficient (Wildman–Crippen LogP) is 0.636. The highest BCUT2D eigenvalue weighted by Gasteiger charge is 2.49. The number of hydrogen-bond donors (Lipinski definition) is 1. The summed E-state index contributed by atoms with van der Waals surface area (Å²) in [6.07, 6.45) is 2.66. The van der Waals surface area contributed by atoms with Gasteiger partial charge >= 0.3 is 5.91 Å². The van der Waals surface area contributed by atoms with Gasteiger partial charge in [0, 0.05) is 19.3 Å². The zero-order valence-electron chi connectivity index (χ0n) is 10.9. The van der Waals surface area contributed by atoms with E-state index in [0.29, 0.717) is 4.48 Å². The molecule has 0 aliphatic carbocycles. The van der Waals surface area contributed by atoms with Crippen molar-refractivity contribution in [3.63, 3.8) is 0 Å². The van der Waals surface area contributed by atoms with Crippen molar-refractivity contribution in [1.82, 2.24) is 0 Å². The Labute approximate surface area is 102 Å². The molecule has 0 aromatic rings. The second-order valence-corrected chi connectivity index (χ2v) is 5.60. The maximum atomic E-state index is 11.6. The molecule has 0 aromatic heterocycles. The van der Waals surface area contributed by atoms with Gasteiger partial charge in [-0.15, -0.1) is 0 Å². The molecule has 5 nitrogen and oxygen atoms in total. The van der Waals surface area contributed by atoms with Crippen molar-refractivity contribution < 1.29 is 14.0 Å². The number of rotatable bonds is 0. The first kappa shape index (κ1) is 12.5. The lowest BCUT2D eigenvalue weighted by Crippen LogP contribution is -2.57. The fourth-order valence-corrected chi connectivity index (χ4v) is 2.86. The largest absolute Gasteiger partial charge is 0.365 e. The molecule has 96 valence electrons. The van der Waals surface area contributed by atoms with Gasteiger partial charge in [0.2, 0.25) is 0 Å². The quantitative estimate of drug-likeness (QED) is 0.384. The SMILES string of the molecule is CC(=O)[N+]1(C)CCC2(CC1)CC(=NN)C(C)O2. The van der Waals surface area contributed by atoms with Gasteiger partial charge in [-0.25, -0.2) is 4.79 Å². The molecule has 0 radical (unpaired) electrons. The summed E-state index contributed by atoms with van der Waals surface area (Å²) in [5, 5.41) is 3.81. The van der Waals surface area contributed by atoms with Crippen LogP contribution in [0.25, 0.3) is 0 Å². The molecule has 0 aromatic carbocycles. The Hall–Kier alpha value is -0.940. The minimum Gasteiger partial charge on any atom is -0.365 e. The Balaban J connectivity index is 2.07. The Morgan fingerprint density at radius 2 is 2.12 bits per heavy atom. The maximum Gasteiger partial charge on any atom is 0.310 e. The number of carbonyl (C=O) groups excluding carboxylic acids is 1. The number of nitrogens with zero attached hydrogens (tertiary/aromatic N) is 2. The van der Waals surface area contributed by atoms with Crippen molar-refractivity contribution in [3.8, 4) is 0 Å². The third kappa shape index (κ3) is 2.09. The van der Waals surface area contributed by atoms with E-state index in [0.717, 1.165) is 38.1 Å². The minimum absolute atomic E-state index is 0.0224. The molecule has 0 saturated carbocycles. The average Bonchev–Trinajstić information content (AvgIpc) is 2.60. The fourth-order valence-electron chi connectivity index (χ4n) is 2.86. The highest BCUT2D eigenvalue weighted by atomic mass is 16.5. The summed E-state index contributed by atoms with van der Waals surface area (Å²) >= 11 is 0. The zero-order valence-corrected chi connectivity index (χ0v) is 10.9. The summed E-state index contributed by atoms with van der Waals surface area (Å²) in [6, 6.07) is 0. The highest BCUT2D eigenvalue weighted by molar-refractivity contribution is 5.90. The first-order chi connectivity index (χ1) is 7.91. The monoisotopic (exact) mass is 240 g/mol. The molecule has 2 aliphatic heterocycles. The molecule has 2 fully saturated rings. The van der Waals surface area contributed by atoms with Crippen LogP contribution in [-0.4, -0.2) is 47.9 Å². The topological polar surface area (TPSA) is 64.7 Å². The summed E-state index contributed by atoms with van der Waals surface area (Å²) < 4.78 is 6.56. The molecule has 2 saturated heterocycles. The van der Waals surface area contributed by atoms with Crippen LogP contribution in [0.15, 0.2) is 5.10 Å². The van der Waals surface area contributed by atoms with Crippen LogP contribution in [0.4, 0.5) is 0 Å².